The number of nitrogens with zero attached hydrogens (tertiary/aromatic N) is 1. The number of fused-ring (bicyclic) bond motifs is 1. The molecular formula is C13H16N4O. The molecule has 94 valence electrons. The van der Waals surface area contributed by atoms with Crippen molar-refractivity contribution in [1.82, 2.24) is 15.3 Å². The Labute approximate surface area is 105 Å². The summed E-state index contributed by atoms with van der Waals surface area (Å²) < 4.78 is 0. The number of anilines is 1. The Bertz CT molecular complexity index is 557. The summed E-state index contributed by atoms with van der Waals surface area (Å²) in [5.74, 6) is 0. The first-order valence-corrected chi connectivity index (χ1v) is 6.27. The Hall–Kier alpha value is -1.88. The lowest BCUT2D eigenvalue weighted by Crippen LogP contribution is -2.38. The van der Waals surface area contributed by atoms with Crippen molar-refractivity contribution in [2.45, 2.75) is 18.9 Å². The van der Waals surface area contributed by atoms with Crippen molar-refractivity contribution in [3.8, 4) is 0 Å². The minimum absolute atomic E-state index is 0.416. The van der Waals surface area contributed by atoms with Crippen LogP contribution >= 0.6 is 0 Å². The number of piperidine rings is 1. The van der Waals surface area contributed by atoms with E-state index >= 15 is 0 Å². The molecule has 2 aromatic rings. The van der Waals surface area contributed by atoms with Gasteiger partial charge in [-0.05, 0) is 25.5 Å². The smallest absolute Gasteiger partial charge is 0.152 e. The molecule has 1 atom stereocenters. The van der Waals surface area contributed by atoms with Gasteiger partial charge in [0.25, 0.3) is 0 Å². The van der Waals surface area contributed by atoms with Crippen LogP contribution < -0.4 is 10.6 Å². The molecule has 0 spiro atoms. The van der Waals surface area contributed by atoms with Gasteiger partial charge in [-0.15, -0.1) is 0 Å². The van der Waals surface area contributed by atoms with E-state index < -0.39 is 0 Å². The highest BCUT2D eigenvalue weighted by atomic mass is 16.1. The number of aldehydes is 1. The number of H-pyrrole nitrogens is 1. The highest BCUT2D eigenvalue weighted by molar-refractivity contribution is 6.02. The topological polar surface area (TPSA) is 69.8 Å². The summed E-state index contributed by atoms with van der Waals surface area (Å²) in [6.45, 7) is 2.05. The quantitative estimate of drug-likeness (QED) is 0.716. The van der Waals surface area contributed by atoms with Crippen molar-refractivity contribution in [2.75, 3.05) is 18.4 Å². The van der Waals surface area contributed by atoms with Crippen LogP contribution in [-0.4, -0.2) is 35.4 Å². The predicted molar refractivity (Wildman–Crippen MR) is 71.0 cm³/mol. The monoisotopic (exact) mass is 244 g/mol. The van der Waals surface area contributed by atoms with Crippen LogP contribution in [0.4, 0.5) is 5.69 Å². The van der Waals surface area contributed by atoms with Crippen LogP contribution in [0.3, 0.4) is 0 Å². The van der Waals surface area contributed by atoms with Crippen molar-refractivity contribution < 1.29 is 4.79 Å². The summed E-state index contributed by atoms with van der Waals surface area (Å²) in [7, 11) is 0. The molecule has 3 heterocycles. The van der Waals surface area contributed by atoms with E-state index in [0.717, 1.165) is 42.5 Å². The largest absolute Gasteiger partial charge is 0.380 e. The first-order chi connectivity index (χ1) is 8.88. The van der Waals surface area contributed by atoms with Gasteiger partial charge in [0.1, 0.15) is 5.65 Å². The van der Waals surface area contributed by atoms with E-state index in [1.807, 2.05) is 6.07 Å². The lowest BCUT2D eigenvalue weighted by atomic mass is 10.1. The predicted octanol–water partition coefficient (Wildman–Crippen LogP) is 1.54. The normalized spacial score (nSPS) is 19.9. The molecule has 1 aliphatic heterocycles. The molecule has 18 heavy (non-hydrogen) atoms. The molecule has 0 amide bonds. The molecule has 2 aromatic heterocycles. The fourth-order valence-corrected chi connectivity index (χ4v) is 2.49. The summed E-state index contributed by atoms with van der Waals surface area (Å²) in [5, 5.41) is 7.76. The maximum Gasteiger partial charge on any atom is 0.152 e. The summed E-state index contributed by atoms with van der Waals surface area (Å²) in [6, 6.07) is 2.34. The van der Waals surface area contributed by atoms with E-state index in [2.05, 4.69) is 20.6 Å². The maximum absolute atomic E-state index is 11.0. The van der Waals surface area contributed by atoms with Crippen LogP contribution in [0.15, 0.2) is 18.5 Å². The molecule has 1 saturated heterocycles. The fourth-order valence-electron chi connectivity index (χ4n) is 2.49. The third-order valence-corrected chi connectivity index (χ3v) is 3.39. The number of carbonyl (C=O) groups is 1. The van der Waals surface area contributed by atoms with Crippen LogP contribution in [0.5, 0.6) is 0 Å². The van der Waals surface area contributed by atoms with Gasteiger partial charge in [0.15, 0.2) is 6.29 Å². The van der Waals surface area contributed by atoms with Crippen molar-refractivity contribution in [3.63, 3.8) is 0 Å². The number of hydrogen-bond acceptors (Lipinski definition) is 4. The number of aromatic amines is 1. The van der Waals surface area contributed by atoms with Crippen molar-refractivity contribution in [3.05, 3.63) is 24.0 Å². The summed E-state index contributed by atoms with van der Waals surface area (Å²) in [4.78, 5) is 18.3. The second kappa shape index (κ2) is 4.78. The van der Waals surface area contributed by atoms with Gasteiger partial charge in [-0.25, -0.2) is 4.98 Å². The third kappa shape index (κ3) is 1.97. The molecule has 0 radical (unpaired) electrons. The minimum Gasteiger partial charge on any atom is -0.380 e. The zero-order chi connectivity index (χ0) is 12.4. The highest BCUT2D eigenvalue weighted by Gasteiger charge is 2.15. The first-order valence-electron chi connectivity index (χ1n) is 6.27. The SMILES string of the molecule is O=Cc1c[nH]c2nccc(NC3CCCNC3)c12. The third-order valence-electron chi connectivity index (χ3n) is 3.39. The molecule has 0 saturated carbocycles. The number of aromatic nitrogens is 2. The standard InChI is InChI=1S/C13H16N4O/c18-8-9-6-16-13-12(9)11(3-5-15-13)17-10-2-1-4-14-7-10/h3,5-6,8,10,14H,1-2,4,7H2,(H2,15,16,17). The molecule has 0 aromatic carbocycles. The van der Waals surface area contributed by atoms with Crippen LogP contribution in [0, 0.1) is 0 Å². The summed E-state index contributed by atoms with van der Waals surface area (Å²) in [6.07, 6.45) is 6.66. The molecule has 5 nitrogen and oxygen atoms in total. The van der Waals surface area contributed by atoms with Gasteiger partial charge in [-0.2, -0.15) is 0 Å². The average molecular weight is 244 g/mol. The lowest BCUT2D eigenvalue weighted by Gasteiger charge is -2.25. The Balaban J connectivity index is 1.94. The molecular weight excluding hydrogens is 228 g/mol. The molecule has 3 rings (SSSR count). The van der Waals surface area contributed by atoms with Crippen molar-refractivity contribution in [1.29, 1.82) is 0 Å². The van der Waals surface area contributed by atoms with Gasteiger partial charge in [0, 0.05) is 36.2 Å². The van der Waals surface area contributed by atoms with E-state index in [4.69, 9.17) is 0 Å². The molecule has 1 aliphatic rings. The second-order valence-corrected chi connectivity index (χ2v) is 4.63. The Morgan fingerprint density at radius 1 is 1.50 bits per heavy atom. The Kier molecular flexibility index (Phi) is 2.98. The molecule has 3 N–H and O–H groups in total. The van der Waals surface area contributed by atoms with E-state index in [-0.39, 0.29) is 0 Å². The maximum atomic E-state index is 11.0. The Morgan fingerprint density at radius 2 is 2.44 bits per heavy atom. The average Bonchev–Trinajstić information content (AvgIpc) is 2.84. The fraction of sp³-hybridized carbons (Fsp3) is 0.385. The zero-order valence-corrected chi connectivity index (χ0v) is 10.1. The summed E-state index contributed by atoms with van der Waals surface area (Å²) >= 11 is 0. The Morgan fingerprint density at radius 3 is 3.22 bits per heavy atom. The second-order valence-electron chi connectivity index (χ2n) is 4.63. The van der Waals surface area contributed by atoms with Crippen LogP contribution in [-0.2, 0) is 0 Å². The van der Waals surface area contributed by atoms with Gasteiger partial charge in [-0.3, -0.25) is 4.79 Å². The van der Waals surface area contributed by atoms with E-state index in [9.17, 15) is 4.79 Å². The number of hydrogen-bond donors (Lipinski definition) is 3. The summed E-state index contributed by atoms with van der Waals surface area (Å²) in [5.41, 5.74) is 2.40. The minimum atomic E-state index is 0.416. The van der Waals surface area contributed by atoms with Crippen LogP contribution in [0.1, 0.15) is 23.2 Å². The number of nitrogens with one attached hydrogen (secondary N) is 3. The molecule has 1 unspecified atom stereocenters. The molecule has 1 fully saturated rings. The van der Waals surface area contributed by atoms with Gasteiger partial charge >= 0.3 is 0 Å². The number of rotatable bonds is 3. The van der Waals surface area contributed by atoms with E-state index in [1.165, 1.54) is 6.42 Å². The van der Waals surface area contributed by atoms with Gasteiger partial charge in [0.2, 0.25) is 0 Å². The van der Waals surface area contributed by atoms with Crippen molar-refractivity contribution >= 4 is 23.0 Å². The van der Waals surface area contributed by atoms with Crippen LogP contribution in [0.2, 0.25) is 0 Å². The van der Waals surface area contributed by atoms with Crippen LogP contribution in [0.25, 0.3) is 11.0 Å². The zero-order valence-electron chi connectivity index (χ0n) is 10.1. The number of carbonyl (C=O) groups excluding carboxylic acids is 1. The first kappa shape index (κ1) is 11.2. The van der Waals surface area contributed by atoms with Gasteiger partial charge < -0.3 is 15.6 Å². The lowest BCUT2D eigenvalue weighted by molar-refractivity contribution is 0.112. The molecule has 0 bridgehead atoms. The van der Waals surface area contributed by atoms with E-state index in [1.54, 1.807) is 12.4 Å². The molecule has 5 heteroatoms. The van der Waals surface area contributed by atoms with Crippen molar-refractivity contribution in [2.24, 2.45) is 0 Å². The molecule has 0 aliphatic carbocycles. The highest BCUT2D eigenvalue weighted by Crippen LogP contribution is 2.25. The van der Waals surface area contributed by atoms with Gasteiger partial charge in [0.05, 0.1) is 5.39 Å². The number of pyridine rings is 1. The van der Waals surface area contributed by atoms with E-state index in [0.29, 0.717) is 11.6 Å². The van der Waals surface area contributed by atoms with Gasteiger partial charge in [-0.1, -0.05) is 0 Å².